The largest absolute Gasteiger partial charge is 0.355 e. The van der Waals surface area contributed by atoms with Gasteiger partial charge in [-0.3, -0.25) is 9.97 Å². The Kier molecular flexibility index (Phi) is 4.88. The number of rotatable bonds is 5. The van der Waals surface area contributed by atoms with Crippen LogP contribution in [0.4, 0.5) is 22.7 Å². The molecule has 3 N–H and O–H groups in total. The molecule has 0 bridgehead atoms. The van der Waals surface area contributed by atoms with Crippen LogP contribution in [-0.4, -0.2) is 19.9 Å². The second-order valence-corrected chi connectivity index (χ2v) is 8.21. The Labute approximate surface area is 196 Å². The van der Waals surface area contributed by atoms with Gasteiger partial charge < -0.3 is 15.6 Å². The fraction of sp³-hybridized carbons (Fsp3) is 0.0357. The number of para-hydroxylation sites is 1. The summed E-state index contributed by atoms with van der Waals surface area (Å²) >= 11 is 0. The Bertz CT molecular complexity index is 1610. The molecular formula is C28H22N6. The zero-order valence-electron chi connectivity index (χ0n) is 18.6. The predicted octanol–water partition coefficient (Wildman–Crippen LogP) is 6.97. The standard InChI is InChI=1S/C28H22N6/c1-18-16-22(12-14-29-18)31-21-10-11-26-27(17-21)34-28(33-26)19-6-8-20(9-7-19)32-25-13-15-30-24-5-3-2-4-23(24)25/h2-17H,1H3,(H,29,31)(H,30,32)(H,33,34). The highest BCUT2D eigenvalue weighted by Crippen LogP contribution is 2.28. The van der Waals surface area contributed by atoms with Crippen molar-refractivity contribution in [3.8, 4) is 11.4 Å². The number of nitrogens with one attached hydrogen (secondary N) is 3. The zero-order chi connectivity index (χ0) is 22.9. The number of imidazole rings is 1. The van der Waals surface area contributed by atoms with Crippen molar-refractivity contribution in [1.82, 2.24) is 19.9 Å². The van der Waals surface area contributed by atoms with Crippen molar-refractivity contribution >= 4 is 44.7 Å². The maximum absolute atomic E-state index is 4.82. The van der Waals surface area contributed by atoms with Gasteiger partial charge in [0.1, 0.15) is 5.82 Å². The number of anilines is 4. The molecular weight excluding hydrogens is 420 g/mol. The van der Waals surface area contributed by atoms with Crippen molar-refractivity contribution in [3.63, 3.8) is 0 Å². The molecule has 0 fully saturated rings. The molecule has 0 spiro atoms. The normalized spacial score (nSPS) is 11.1. The van der Waals surface area contributed by atoms with Gasteiger partial charge in [0.05, 0.1) is 16.6 Å². The van der Waals surface area contributed by atoms with Crippen LogP contribution in [-0.2, 0) is 0 Å². The minimum absolute atomic E-state index is 0.841. The lowest BCUT2D eigenvalue weighted by Gasteiger charge is -2.09. The first-order chi connectivity index (χ1) is 16.7. The molecule has 6 heteroatoms. The zero-order valence-corrected chi connectivity index (χ0v) is 18.6. The Balaban J connectivity index is 1.24. The van der Waals surface area contributed by atoms with Crippen LogP contribution >= 0.6 is 0 Å². The van der Waals surface area contributed by atoms with Gasteiger partial charge in [-0.05, 0) is 73.7 Å². The number of aryl methyl sites for hydroxylation is 1. The molecule has 3 heterocycles. The molecule has 34 heavy (non-hydrogen) atoms. The number of benzene rings is 3. The van der Waals surface area contributed by atoms with Gasteiger partial charge >= 0.3 is 0 Å². The summed E-state index contributed by atoms with van der Waals surface area (Å²) in [5, 5.41) is 8.02. The fourth-order valence-electron chi connectivity index (χ4n) is 4.08. The molecule has 6 aromatic rings. The van der Waals surface area contributed by atoms with E-state index in [2.05, 4.69) is 62.0 Å². The Morgan fingerprint density at radius 1 is 0.676 bits per heavy atom. The maximum atomic E-state index is 4.82. The average molecular weight is 443 g/mol. The summed E-state index contributed by atoms with van der Waals surface area (Å²) in [6.45, 7) is 1.98. The SMILES string of the molecule is Cc1cc(Nc2ccc3[nH]c(-c4ccc(Nc5ccnc6ccccc56)cc4)nc3c2)ccn1. The van der Waals surface area contributed by atoms with Gasteiger partial charge in [-0.15, -0.1) is 0 Å². The number of fused-ring (bicyclic) bond motifs is 2. The van der Waals surface area contributed by atoms with E-state index in [0.29, 0.717) is 0 Å². The summed E-state index contributed by atoms with van der Waals surface area (Å²) < 4.78 is 0. The van der Waals surface area contributed by atoms with E-state index in [1.54, 1.807) is 6.20 Å². The van der Waals surface area contributed by atoms with Crippen molar-refractivity contribution < 1.29 is 0 Å². The summed E-state index contributed by atoms with van der Waals surface area (Å²) in [4.78, 5) is 16.9. The highest BCUT2D eigenvalue weighted by Gasteiger charge is 2.08. The van der Waals surface area contributed by atoms with Gasteiger partial charge in [0, 0.05) is 51.8 Å². The minimum atomic E-state index is 0.841. The highest BCUT2D eigenvalue weighted by molar-refractivity contribution is 5.92. The number of hydrogen-bond acceptors (Lipinski definition) is 5. The minimum Gasteiger partial charge on any atom is -0.355 e. The van der Waals surface area contributed by atoms with Crippen molar-refractivity contribution in [1.29, 1.82) is 0 Å². The summed E-state index contributed by atoms with van der Waals surface area (Å²) in [5.74, 6) is 0.841. The topological polar surface area (TPSA) is 78.5 Å². The quantitative estimate of drug-likeness (QED) is 0.269. The molecule has 0 atom stereocenters. The Morgan fingerprint density at radius 3 is 2.35 bits per heavy atom. The summed E-state index contributed by atoms with van der Waals surface area (Å²) in [7, 11) is 0. The molecule has 164 valence electrons. The lowest BCUT2D eigenvalue weighted by molar-refractivity contribution is 1.20. The molecule has 0 aliphatic carbocycles. The molecule has 0 unspecified atom stereocenters. The van der Waals surface area contributed by atoms with Crippen LogP contribution in [0, 0.1) is 6.92 Å². The Hall–Kier alpha value is -4.71. The van der Waals surface area contributed by atoms with E-state index in [-0.39, 0.29) is 0 Å². The van der Waals surface area contributed by atoms with Gasteiger partial charge in [0.15, 0.2) is 0 Å². The molecule has 0 saturated heterocycles. The van der Waals surface area contributed by atoms with Crippen LogP contribution in [0.1, 0.15) is 5.69 Å². The smallest absolute Gasteiger partial charge is 0.138 e. The molecule has 0 radical (unpaired) electrons. The predicted molar refractivity (Wildman–Crippen MR) is 139 cm³/mol. The molecule has 0 aliphatic rings. The Morgan fingerprint density at radius 2 is 1.47 bits per heavy atom. The van der Waals surface area contributed by atoms with Crippen molar-refractivity contribution in [2.24, 2.45) is 0 Å². The molecule has 0 amide bonds. The molecule has 6 rings (SSSR count). The van der Waals surface area contributed by atoms with Crippen LogP contribution < -0.4 is 10.6 Å². The van der Waals surface area contributed by atoms with Gasteiger partial charge in [0.25, 0.3) is 0 Å². The van der Waals surface area contributed by atoms with Crippen molar-refractivity contribution in [3.05, 3.63) is 103 Å². The number of pyridine rings is 2. The monoisotopic (exact) mass is 442 g/mol. The number of nitrogens with zero attached hydrogens (tertiary/aromatic N) is 3. The van der Waals surface area contributed by atoms with Crippen LogP contribution in [0.2, 0.25) is 0 Å². The third kappa shape index (κ3) is 3.93. The van der Waals surface area contributed by atoms with Crippen LogP contribution in [0.3, 0.4) is 0 Å². The first kappa shape index (κ1) is 19.9. The van der Waals surface area contributed by atoms with E-state index < -0.39 is 0 Å². The fourth-order valence-corrected chi connectivity index (χ4v) is 4.08. The maximum Gasteiger partial charge on any atom is 0.138 e. The second-order valence-electron chi connectivity index (χ2n) is 8.21. The van der Waals surface area contributed by atoms with E-state index >= 15 is 0 Å². The second kappa shape index (κ2) is 8.33. The van der Waals surface area contributed by atoms with E-state index in [1.807, 2.05) is 61.7 Å². The first-order valence-corrected chi connectivity index (χ1v) is 11.1. The van der Waals surface area contributed by atoms with Crippen LogP contribution in [0.25, 0.3) is 33.3 Å². The van der Waals surface area contributed by atoms with Crippen molar-refractivity contribution in [2.45, 2.75) is 6.92 Å². The van der Waals surface area contributed by atoms with E-state index in [0.717, 1.165) is 61.8 Å². The van der Waals surface area contributed by atoms with Gasteiger partial charge in [0.2, 0.25) is 0 Å². The van der Waals surface area contributed by atoms with Crippen LogP contribution in [0.15, 0.2) is 97.3 Å². The van der Waals surface area contributed by atoms with Gasteiger partial charge in [-0.2, -0.15) is 0 Å². The number of H-pyrrole nitrogens is 1. The molecule has 0 aliphatic heterocycles. The van der Waals surface area contributed by atoms with Gasteiger partial charge in [-0.1, -0.05) is 18.2 Å². The van der Waals surface area contributed by atoms with E-state index in [1.165, 1.54) is 0 Å². The highest BCUT2D eigenvalue weighted by atomic mass is 14.9. The van der Waals surface area contributed by atoms with Gasteiger partial charge in [-0.25, -0.2) is 4.98 Å². The average Bonchev–Trinajstić information content (AvgIpc) is 3.28. The van der Waals surface area contributed by atoms with Crippen molar-refractivity contribution in [2.75, 3.05) is 10.6 Å². The lowest BCUT2D eigenvalue weighted by Crippen LogP contribution is -1.92. The van der Waals surface area contributed by atoms with Crippen LogP contribution in [0.5, 0.6) is 0 Å². The number of aromatic nitrogens is 4. The summed E-state index contributed by atoms with van der Waals surface area (Å²) in [6.07, 6.45) is 3.63. The number of hydrogen-bond donors (Lipinski definition) is 3. The molecule has 6 nitrogen and oxygen atoms in total. The first-order valence-electron chi connectivity index (χ1n) is 11.1. The van der Waals surface area contributed by atoms with E-state index in [9.17, 15) is 0 Å². The molecule has 3 aromatic heterocycles. The molecule has 0 saturated carbocycles. The number of aromatic amines is 1. The third-order valence-corrected chi connectivity index (χ3v) is 5.75. The lowest BCUT2D eigenvalue weighted by atomic mass is 10.1. The summed E-state index contributed by atoms with van der Waals surface area (Å²) in [5.41, 5.74) is 8.92. The summed E-state index contributed by atoms with van der Waals surface area (Å²) in [6, 6.07) is 28.5. The molecule has 3 aromatic carbocycles. The third-order valence-electron chi connectivity index (χ3n) is 5.75. The van der Waals surface area contributed by atoms with E-state index in [4.69, 9.17) is 4.98 Å².